The molecule has 198 valence electrons. The highest BCUT2D eigenvalue weighted by Crippen LogP contribution is 2.35. The number of unbranched alkanes of at least 4 members (excludes halogenated alkanes) is 1. The van der Waals surface area contributed by atoms with Crippen LogP contribution in [-0.4, -0.2) is 13.1 Å². The van der Waals surface area contributed by atoms with Crippen molar-refractivity contribution in [1.82, 2.24) is 0 Å². The zero-order valence-electron chi connectivity index (χ0n) is 22.5. The first-order valence-corrected chi connectivity index (χ1v) is 14.4. The Bertz CT molecular complexity index is 1450. The van der Waals surface area contributed by atoms with Gasteiger partial charge in [-0.15, -0.1) is 10.2 Å². The number of thiophene rings is 1. The summed E-state index contributed by atoms with van der Waals surface area (Å²) in [4.78, 5) is 2.42. The van der Waals surface area contributed by atoms with Gasteiger partial charge in [0.1, 0.15) is 5.00 Å². The lowest BCUT2D eigenvalue weighted by Gasteiger charge is -2.13. The number of azo groups is 3. The summed E-state index contributed by atoms with van der Waals surface area (Å²) in [5, 5.41) is 28.6. The molecule has 1 aliphatic rings. The molecular weight excluding hydrogens is 502 g/mol. The second-order valence-corrected chi connectivity index (χ2v) is 10.7. The van der Waals surface area contributed by atoms with Gasteiger partial charge in [0.05, 0.1) is 33.4 Å². The van der Waals surface area contributed by atoms with E-state index in [2.05, 4.69) is 60.7 Å². The molecule has 1 aliphatic heterocycles. The van der Waals surface area contributed by atoms with Crippen molar-refractivity contribution < 1.29 is 0 Å². The van der Waals surface area contributed by atoms with Crippen molar-refractivity contribution in [2.45, 2.75) is 46.0 Å². The second-order valence-electron chi connectivity index (χ2n) is 9.66. The summed E-state index contributed by atoms with van der Waals surface area (Å²) >= 11 is 1.69. The number of hydrogen-bond acceptors (Lipinski definition) is 8. The Morgan fingerprint density at radius 3 is 1.90 bits per heavy atom. The van der Waals surface area contributed by atoms with E-state index in [4.69, 9.17) is 0 Å². The minimum Gasteiger partial charge on any atom is -0.363 e. The summed E-state index contributed by atoms with van der Waals surface area (Å²) in [5.74, 6) is 0. The molecule has 4 aromatic rings. The molecule has 3 aromatic carbocycles. The minimum absolute atomic E-state index is 0.754. The summed E-state index contributed by atoms with van der Waals surface area (Å²) in [7, 11) is 0. The predicted molar refractivity (Wildman–Crippen MR) is 161 cm³/mol. The number of benzene rings is 3. The molecule has 0 spiro atoms. The van der Waals surface area contributed by atoms with Crippen LogP contribution in [0.25, 0.3) is 0 Å². The van der Waals surface area contributed by atoms with Crippen LogP contribution in [0.15, 0.2) is 110 Å². The van der Waals surface area contributed by atoms with Gasteiger partial charge in [0, 0.05) is 13.1 Å². The lowest BCUT2D eigenvalue weighted by Crippen LogP contribution is -2.15. The Morgan fingerprint density at radius 2 is 1.26 bits per heavy atom. The largest absolute Gasteiger partial charge is 0.363 e. The first-order chi connectivity index (χ1) is 19.2. The van der Waals surface area contributed by atoms with Gasteiger partial charge in [-0.3, -0.25) is 0 Å². The normalized spacial score (nSPS) is 13.9. The Kier molecular flexibility index (Phi) is 8.96. The van der Waals surface area contributed by atoms with Crippen molar-refractivity contribution in [3.63, 3.8) is 0 Å². The van der Waals surface area contributed by atoms with Crippen LogP contribution in [0, 0.1) is 6.92 Å². The zero-order chi connectivity index (χ0) is 26.9. The van der Waals surface area contributed by atoms with E-state index >= 15 is 0 Å². The maximum Gasteiger partial charge on any atom is 0.140 e. The van der Waals surface area contributed by atoms with Crippen LogP contribution in [0.5, 0.6) is 0 Å². The molecule has 0 amide bonds. The summed E-state index contributed by atoms with van der Waals surface area (Å²) < 4.78 is 0. The fourth-order valence-corrected chi connectivity index (χ4v) is 5.20. The van der Waals surface area contributed by atoms with Crippen LogP contribution in [0.2, 0.25) is 0 Å². The third-order valence-corrected chi connectivity index (χ3v) is 7.63. The molecule has 5 rings (SSSR count). The third-order valence-electron chi connectivity index (χ3n) is 6.60. The van der Waals surface area contributed by atoms with Gasteiger partial charge in [0.15, 0.2) is 0 Å². The predicted octanol–water partition coefficient (Wildman–Crippen LogP) is 11.2. The molecule has 39 heavy (non-hydrogen) atoms. The lowest BCUT2D eigenvalue weighted by atomic mass is 10.1. The van der Waals surface area contributed by atoms with Gasteiger partial charge in [-0.05, 0) is 110 Å². The molecule has 2 heterocycles. The molecule has 8 heteroatoms. The quantitative estimate of drug-likeness (QED) is 0.186. The van der Waals surface area contributed by atoms with Crippen molar-refractivity contribution in [1.29, 1.82) is 0 Å². The standard InChI is InChI=1S/C31H33N7S/c1-3-4-7-24-8-10-25(11-9-24)32-33-26-12-14-27(15-13-26)34-36-29-17-16-28(22-23(29)2)35-37-30-18-19-31(39-30)38-20-5-6-21-38/h8-19,22H,3-7,20-21H2,1-2H3. The van der Waals surface area contributed by atoms with E-state index in [0.717, 1.165) is 58.5 Å². The minimum atomic E-state index is 0.754. The summed E-state index contributed by atoms with van der Waals surface area (Å²) in [6, 6.07) is 25.8. The van der Waals surface area contributed by atoms with E-state index in [1.165, 1.54) is 36.2 Å². The maximum absolute atomic E-state index is 4.44. The van der Waals surface area contributed by atoms with Gasteiger partial charge in [0.25, 0.3) is 0 Å². The maximum atomic E-state index is 4.44. The first kappa shape index (κ1) is 26.6. The Labute approximate surface area is 234 Å². The molecule has 0 bridgehead atoms. The monoisotopic (exact) mass is 535 g/mol. The van der Waals surface area contributed by atoms with Crippen molar-refractivity contribution in [3.8, 4) is 0 Å². The lowest BCUT2D eigenvalue weighted by molar-refractivity contribution is 0.795. The molecule has 1 fully saturated rings. The smallest absolute Gasteiger partial charge is 0.140 e. The average molecular weight is 536 g/mol. The molecule has 0 saturated carbocycles. The van der Waals surface area contributed by atoms with Gasteiger partial charge in [-0.2, -0.15) is 20.5 Å². The Morgan fingerprint density at radius 1 is 0.667 bits per heavy atom. The molecule has 0 radical (unpaired) electrons. The fourth-order valence-electron chi connectivity index (χ4n) is 4.32. The fraction of sp³-hybridized carbons (Fsp3) is 0.290. The van der Waals surface area contributed by atoms with Crippen molar-refractivity contribution >= 4 is 49.8 Å². The third kappa shape index (κ3) is 7.51. The van der Waals surface area contributed by atoms with E-state index in [9.17, 15) is 0 Å². The average Bonchev–Trinajstić information content (AvgIpc) is 3.67. The van der Waals surface area contributed by atoms with Gasteiger partial charge < -0.3 is 4.90 Å². The van der Waals surface area contributed by atoms with Crippen LogP contribution in [0.4, 0.5) is 38.4 Å². The molecule has 0 unspecified atom stereocenters. The highest BCUT2D eigenvalue weighted by atomic mass is 32.1. The molecule has 1 saturated heterocycles. The number of aryl methyl sites for hydroxylation is 2. The molecule has 0 N–H and O–H groups in total. The van der Waals surface area contributed by atoms with E-state index in [1.807, 2.05) is 67.6 Å². The van der Waals surface area contributed by atoms with Crippen LogP contribution in [0.1, 0.15) is 43.7 Å². The van der Waals surface area contributed by atoms with Crippen molar-refractivity contribution in [2.24, 2.45) is 30.7 Å². The van der Waals surface area contributed by atoms with E-state index in [-0.39, 0.29) is 0 Å². The van der Waals surface area contributed by atoms with Crippen LogP contribution in [-0.2, 0) is 6.42 Å². The topological polar surface area (TPSA) is 77.4 Å². The first-order valence-electron chi connectivity index (χ1n) is 13.6. The van der Waals surface area contributed by atoms with Crippen LogP contribution >= 0.6 is 11.3 Å². The number of nitrogens with zero attached hydrogens (tertiary/aromatic N) is 7. The van der Waals surface area contributed by atoms with Gasteiger partial charge in [-0.1, -0.05) is 36.8 Å². The number of rotatable bonds is 10. The molecule has 1 aromatic heterocycles. The van der Waals surface area contributed by atoms with Gasteiger partial charge in [-0.25, -0.2) is 0 Å². The highest BCUT2D eigenvalue weighted by molar-refractivity contribution is 7.19. The van der Waals surface area contributed by atoms with Crippen LogP contribution < -0.4 is 4.90 Å². The summed E-state index contributed by atoms with van der Waals surface area (Å²) in [5.41, 5.74) is 6.30. The molecule has 0 atom stereocenters. The van der Waals surface area contributed by atoms with E-state index < -0.39 is 0 Å². The molecule has 7 nitrogen and oxygen atoms in total. The Hall–Kier alpha value is -4.04. The summed E-state index contributed by atoms with van der Waals surface area (Å²) in [6.45, 7) is 6.48. The van der Waals surface area contributed by atoms with Gasteiger partial charge >= 0.3 is 0 Å². The van der Waals surface area contributed by atoms with Gasteiger partial charge in [0.2, 0.25) is 0 Å². The summed E-state index contributed by atoms with van der Waals surface area (Å²) in [6.07, 6.45) is 6.05. The number of hydrogen-bond donors (Lipinski definition) is 0. The molecule has 0 aliphatic carbocycles. The second kappa shape index (κ2) is 13.2. The SMILES string of the molecule is CCCCc1ccc(N=Nc2ccc(N=Nc3ccc(N=Nc4ccc(N5CCCC5)s4)cc3C)cc2)cc1. The Balaban J connectivity index is 1.16. The number of anilines is 1. The molecular formula is C31H33N7S. The van der Waals surface area contributed by atoms with E-state index in [0.29, 0.717) is 0 Å². The van der Waals surface area contributed by atoms with E-state index in [1.54, 1.807) is 11.3 Å². The highest BCUT2D eigenvalue weighted by Gasteiger charge is 2.14. The zero-order valence-corrected chi connectivity index (χ0v) is 23.3. The van der Waals surface area contributed by atoms with Crippen LogP contribution in [0.3, 0.4) is 0 Å². The van der Waals surface area contributed by atoms with Crippen molar-refractivity contribution in [3.05, 3.63) is 90.0 Å². The van der Waals surface area contributed by atoms with Crippen molar-refractivity contribution in [2.75, 3.05) is 18.0 Å².